The second-order valence-electron chi connectivity index (χ2n) is 3.19. The summed E-state index contributed by atoms with van der Waals surface area (Å²) in [5.74, 6) is 0.401. The normalized spacial score (nSPS) is 10.2. The number of hydrogen-bond acceptors (Lipinski definition) is 4. The summed E-state index contributed by atoms with van der Waals surface area (Å²) >= 11 is 11.4. The largest absolute Gasteiger partial charge is 0.344 e. The van der Waals surface area contributed by atoms with Crippen molar-refractivity contribution in [1.29, 1.82) is 5.26 Å². The summed E-state index contributed by atoms with van der Waals surface area (Å²) in [7, 11) is 0. The van der Waals surface area contributed by atoms with E-state index in [1.807, 2.05) is 22.9 Å². The highest BCUT2D eigenvalue weighted by atomic mass is 35.5. The minimum atomic E-state index is 0.0491. The Morgan fingerprint density at radius 2 is 1.94 bits per heavy atom. The summed E-state index contributed by atoms with van der Waals surface area (Å²) < 4.78 is 1.87. The van der Waals surface area contributed by atoms with E-state index in [1.165, 1.54) is 0 Å². The third kappa shape index (κ3) is 2.73. The van der Waals surface area contributed by atoms with Gasteiger partial charge in [-0.1, -0.05) is 0 Å². The molecule has 2 rings (SSSR count). The van der Waals surface area contributed by atoms with Crippen LogP contribution in [0, 0.1) is 11.3 Å². The third-order valence-electron chi connectivity index (χ3n) is 2.10. The van der Waals surface area contributed by atoms with Crippen LogP contribution in [0.5, 0.6) is 0 Å². The lowest BCUT2D eigenvalue weighted by molar-refractivity contribution is 0.723. The minimum Gasteiger partial charge on any atom is -0.344 e. The Morgan fingerprint density at radius 1 is 1.24 bits per heavy atom. The fourth-order valence-electron chi connectivity index (χ4n) is 1.42. The van der Waals surface area contributed by atoms with E-state index in [9.17, 15) is 0 Å². The number of aryl methyl sites for hydroxylation is 1. The van der Waals surface area contributed by atoms with Gasteiger partial charge < -0.3 is 4.57 Å². The van der Waals surface area contributed by atoms with Crippen molar-refractivity contribution >= 4 is 23.2 Å². The van der Waals surface area contributed by atoms with Crippen LogP contribution >= 0.6 is 23.2 Å². The molecule has 5 nitrogen and oxygen atoms in total. The summed E-state index contributed by atoms with van der Waals surface area (Å²) in [6, 6.07) is 5.76. The molecule has 17 heavy (non-hydrogen) atoms. The molecule has 0 amide bonds. The number of aromatic nitrogens is 4. The fraction of sp³-hybridized carbons (Fsp3) is 0.200. The molecule has 0 aliphatic carbocycles. The maximum Gasteiger partial charge on any atom is 0.227 e. The van der Waals surface area contributed by atoms with Crippen molar-refractivity contribution in [2.45, 2.75) is 13.0 Å². The smallest absolute Gasteiger partial charge is 0.227 e. The Hall–Kier alpha value is -1.64. The summed E-state index contributed by atoms with van der Waals surface area (Å²) in [5, 5.41) is 8.67. The maximum atomic E-state index is 8.57. The average molecular weight is 268 g/mol. The van der Waals surface area contributed by atoms with E-state index in [1.54, 1.807) is 0 Å². The van der Waals surface area contributed by atoms with Crippen LogP contribution < -0.4 is 0 Å². The lowest BCUT2D eigenvalue weighted by Gasteiger charge is -2.05. The molecular formula is C10H7Cl2N5. The van der Waals surface area contributed by atoms with Crippen LogP contribution in [0.4, 0.5) is 0 Å². The van der Waals surface area contributed by atoms with Crippen LogP contribution in [-0.4, -0.2) is 19.5 Å². The van der Waals surface area contributed by atoms with Gasteiger partial charge >= 0.3 is 0 Å². The molecule has 2 aromatic rings. The van der Waals surface area contributed by atoms with Crippen molar-refractivity contribution in [3.63, 3.8) is 0 Å². The van der Waals surface area contributed by atoms with Gasteiger partial charge in [0, 0.05) is 12.7 Å². The van der Waals surface area contributed by atoms with E-state index in [-0.39, 0.29) is 10.6 Å². The number of hydrogen-bond donors (Lipinski definition) is 0. The van der Waals surface area contributed by atoms with Crippen LogP contribution in [0.3, 0.4) is 0 Å². The molecule has 7 heteroatoms. The van der Waals surface area contributed by atoms with Gasteiger partial charge in [0.15, 0.2) is 5.82 Å². The monoisotopic (exact) mass is 267 g/mol. The van der Waals surface area contributed by atoms with Crippen LogP contribution in [0.1, 0.15) is 6.42 Å². The Labute approximate surface area is 108 Å². The molecular weight excluding hydrogens is 261 g/mol. The summed E-state index contributed by atoms with van der Waals surface area (Å²) in [6.45, 7) is 0.569. The number of nitriles is 1. The van der Waals surface area contributed by atoms with Crippen molar-refractivity contribution < 1.29 is 0 Å². The molecule has 0 saturated heterocycles. The molecule has 2 heterocycles. The molecule has 0 bridgehead atoms. The van der Waals surface area contributed by atoms with E-state index in [4.69, 9.17) is 28.5 Å². The zero-order valence-electron chi connectivity index (χ0n) is 8.64. The second kappa shape index (κ2) is 5.13. The minimum absolute atomic E-state index is 0.0491. The zero-order chi connectivity index (χ0) is 12.3. The van der Waals surface area contributed by atoms with Crippen molar-refractivity contribution in [3.05, 3.63) is 28.9 Å². The molecule has 0 aliphatic rings. The van der Waals surface area contributed by atoms with Gasteiger partial charge in [-0.15, -0.1) is 0 Å². The molecule has 0 spiro atoms. The first-order chi connectivity index (χ1) is 8.20. The van der Waals surface area contributed by atoms with E-state index in [2.05, 4.69) is 21.0 Å². The zero-order valence-corrected chi connectivity index (χ0v) is 10.2. The van der Waals surface area contributed by atoms with Gasteiger partial charge in [-0.25, -0.2) is 0 Å². The summed E-state index contributed by atoms with van der Waals surface area (Å²) in [6.07, 6.45) is 2.26. The van der Waals surface area contributed by atoms with E-state index in [0.717, 1.165) is 5.69 Å². The standard InChI is InChI=1S/C10H7Cl2N5/c11-9-14-8(15-10(12)16-9)7-3-1-5-17(7)6-2-4-13/h1,3,5H,2,6H2. The highest BCUT2D eigenvalue weighted by Crippen LogP contribution is 2.19. The average Bonchev–Trinajstić information content (AvgIpc) is 2.73. The first-order valence-corrected chi connectivity index (χ1v) is 5.56. The predicted octanol–water partition coefficient (Wildman–Crippen LogP) is 2.56. The van der Waals surface area contributed by atoms with Crippen LogP contribution in [0.15, 0.2) is 18.3 Å². The Kier molecular flexibility index (Phi) is 3.57. The van der Waals surface area contributed by atoms with Crippen molar-refractivity contribution in [2.24, 2.45) is 0 Å². The first kappa shape index (κ1) is 11.8. The molecule has 2 aromatic heterocycles. The molecule has 0 atom stereocenters. The number of halogens is 2. The van der Waals surface area contributed by atoms with Crippen LogP contribution in [-0.2, 0) is 6.54 Å². The van der Waals surface area contributed by atoms with Crippen LogP contribution in [0.2, 0.25) is 10.6 Å². The summed E-state index contributed by atoms with van der Waals surface area (Å²) in [5.41, 5.74) is 0.756. The molecule has 0 aromatic carbocycles. The fourth-order valence-corrected chi connectivity index (χ4v) is 1.79. The lowest BCUT2D eigenvalue weighted by atomic mass is 10.4. The van der Waals surface area contributed by atoms with Crippen molar-refractivity contribution in [2.75, 3.05) is 0 Å². The molecule has 0 N–H and O–H groups in total. The predicted molar refractivity (Wildman–Crippen MR) is 63.5 cm³/mol. The topological polar surface area (TPSA) is 67.4 Å². The van der Waals surface area contributed by atoms with Crippen molar-refractivity contribution in [1.82, 2.24) is 19.5 Å². The Balaban J connectivity index is 2.39. The molecule has 0 radical (unpaired) electrons. The highest BCUT2D eigenvalue weighted by molar-refractivity contribution is 6.31. The summed E-state index contributed by atoms with van der Waals surface area (Å²) in [4.78, 5) is 11.7. The lowest BCUT2D eigenvalue weighted by Crippen LogP contribution is -2.02. The maximum absolute atomic E-state index is 8.57. The molecule has 0 saturated carbocycles. The highest BCUT2D eigenvalue weighted by Gasteiger charge is 2.09. The SMILES string of the molecule is N#CCCn1cccc1-c1nc(Cl)nc(Cl)n1. The van der Waals surface area contributed by atoms with E-state index >= 15 is 0 Å². The quantitative estimate of drug-likeness (QED) is 0.857. The first-order valence-electron chi connectivity index (χ1n) is 4.80. The van der Waals surface area contributed by atoms with E-state index < -0.39 is 0 Å². The van der Waals surface area contributed by atoms with Gasteiger partial charge in [-0.3, -0.25) is 0 Å². The number of nitrogens with zero attached hydrogens (tertiary/aromatic N) is 5. The number of rotatable bonds is 3. The van der Waals surface area contributed by atoms with E-state index in [0.29, 0.717) is 18.8 Å². The third-order valence-corrected chi connectivity index (χ3v) is 2.44. The Morgan fingerprint density at radius 3 is 2.59 bits per heavy atom. The molecule has 0 unspecified atom stereocenters. The van der Waals surface area contributed by atoms with Gasteiger partial charge in [0.1, 0.15) is 0 Å². The molecule has 0 aliphatic heterocycles. The molecule has 86 valence electrons. The van der Waals surface area contributed by atoms with Gasteiger partial charge in [0.05, 0.1) is 18.2 Å². The van der Waals surface area contributed by atoms with Gasteiger partial charge in [0.2, 0.25) is 10.6 Å². The second-order valence-corrected chi connectivity index (χ2v) is 3.87. The van der Waals surface area contributed by atoms with Gasteiger partial charge in [0.25, 0.3) is 0 Å². The molecule has 0 fully saturated rings. The Bertz CT molecular complexity index is 552. The van der Waals surface area contributed by atoms with Gasteiger partial charge in [-0.05, 0) is 35.3 Å². The van der Waals surface area contributed by atoms with Crippen molar-refractivity contribution in [3.8, 4) is 17.6 Å². The van der Waals surface area contributed by atoms with Gasteiger partial charge in [-0.2, -0.15) is 20.2 Å². The van der Waals surface area contributed by atoms with Crippen LogP contribution in [0.25, 0.3) is 11.5 Å².